The number of hydrogen-bond acceptors (Lipinski definition) is 5. The van der Waals surface area contributed by atoms with Crippen molar-refractivity contribution in [3.8, 4) is 23.0 Å². The lowest BCUT2D eigenvalue weighted by molar-refractivity contribution is -0.120. The average Bonchev–Trinajstić information content (AvgIpc) is 3.27. The zero-order chi connectivity index (χ0) is 18.8. The first-order valence-corrected chi connectivity index (χ1v) is 8.77. The van der Waals surface area contributed by atoms with Crippen molar-refractivity contribution in [3.63, 3.8) is 0 Å². The van der Waals surface area contributed by atoms with Crippen LogP contribution < -0.4 is 14.8 Å². The highest BCUT2D eigenvalue weighted by atomic mass is 16.7. The molecule has 0 unspecified atom stereocenters. The molecule has 1 aliphatic heterocycles. The van der Waals surface area contributed by atoms with Crippen molar-refractivity contribution >= 4 is 5.91 Å². The summed E-state index contributed by atoms with van der Waals surface area (Å²) in [4.78, 5) is 16.8. The van der Waals surface area contributed by atoms with Gasteiger partial charge in [-0.05, 0) is 37.6 Å². The third-order valence-corrected chi connectivity index (χ3v) is 4.45. The van der Waals surface area contributed by atoms with E-state index in [0.29, 0.717) is 35.4 Å². The smallest absolute Gasteiger partial charge is 0.231 e. The number of hydrogen-bond donors (Lipinski definition) is 1. The van der Waals surface area contributed by atoms with Crippen molar-refractivity contribution in [3.05, 3.63) is 65.0 Å². The van der Waals surface area contributed by atoms with Gasteiger partial charge < -0.3 is 19.2 Å². The molecule has 138 valence electrons. The van der Waals surface area contributed by atoms with Crippen LogP contribution in [0.3, 0.4) is 0 Å². The van der Waals surface area contributed by atoms with Crippen LogP contribution in [0.25, 0.3) is 11.5 Å². The van der Waals surface area contributed by atoms with Crippen molar-refractivity contribution < 1.29 is 18.7 Å². The van der Waals surface area contributed by atoms with Gasteiger partial charge >= 0.3 is 0 Å². The number of carbonyl (C=O) groups excluding carboxylic acids is 1. The van der Waals surface area contributed by atoms with Gasteiger partial charge in [-0.25, -0.2) is 4.98 Å². The molecule has 0 atom stereocenters. The highest BCUT2D eigenvalue weighted by Gasteiger charge is 2.18. The van der Waals surface area contributed by atoms with Gasteiger partial charge in [0.1, 0.15) is 5.76 Å². The van der Waals surface area contributed by atoms with Gasteiger partial charge in [0.15, 0.2) is 11.5 Å². The maximum absolute atomic E-state index is 12.3. The van der Waals surface area contributed by atoms with Gasteiger partial charge in [0.2, 0.25) is 18.6 Å². The Morgan fingerprint density at radius 3 is 2.67 bits per heavy atom. The zero-order valence-electron chi connectivity index (χ0n) is 15.2. The lowest BCUT2D eigenvalue weighted by Gasteiger charge is -2.05. The van der Waals surface area contributed by atoms with Crippen LogP contribution in [0.15, 0.2) is 46.9 Å². The molecule has 2 heterocycles. The lowest BCUT2D eigenvalue weighted by atomic mass is 10.1. The fourth-order valence-corrected chi connectivity index (χ4v) is 2.87. The maximum Gasteiger partial charge on any atom is 0.231 e. The number of rotatable bonds is 5. The largest absolute Gasteiger partial charge is 0.454 e. The number of aromatic nitrogens is 1. The Morgan fingerprint density at radius 2 is 1.85 bits per heavy atom. The van der Waals surface area contributed by atoms with E-state index in [1.165, 1.54) is 5.56 Å². The van der Waals surface area contributed by atoms with E-state index >= 15 is 0 Å². The summed E-state index contributed by atoms with van der Waals surface area (Å²) < 4.78 is 16.5. The monoisotopic (exact) mass is 364 g/mol. The van der Waals surface area contributed by atoms with Gasteiger partial charge in [-0.3, -0.25) is 4.79 Å². The van der Waals surface area contributed by atoms with Crippen LogP contribution in [0.5, 0.6) is 11.5 Å². The number of nitrogens with zero attached hydrogens (tertiary/aromatic N) is 1. The van der Waals surface area contributed by atoms with Crippen LogP contribution >= 0.6 is 0 Å². The van der Waals surface area contributed by atoms with Crippen LogP contribution in [0, 0.1) is 13.8 Å². The van der Waals surface area contributed by atoms with Gasteiger partial charge in [-0.15, -0.1) is 0 Å². The first-order chi connectivity index (χ1) is 13.1. The number of carbonyl (C=O) groups is 1. The second kappa shape index (κ2) is 7.15. The highest BCUT2D eigenvalue weighted by Crippen LogP contribution is 2.36. The van der Waals surface area contributed by atoms with Crippen molar-refractivity contribution in [2.45, 2.75) is 26.8 Å². The van der Waals surface area contributed by atoms with E-state index in [1.807, 2.05) is 56.3 Å². The molecule has 1 aromatic heterocycles. The van der Waals surface area contributed by atoms with E-state index in [2.05, 4.69) is 10.3 Å². The third-order valence-electron chi connectivity index (χ3n) is 4.45. The Balaban J connectivity index is 1.42. The number of aryl methyl sites for hydroxylation is 2. The number of fused-ring (bicyclic) bond motifs is 1. The molecule has 1 amide bonds. The number of oxazole rings is 1. The molecule has 0 radical (unpaired) electrons. The minimum absolute atomic E-state index is 0.0933. The number of ether oxygens (including phenoxy) is 2. The fraction of sp³-hybridized carbons (Fsp3) is 0.238. The molecule has 3 aromatic rings. The number of nitrogens with one attached hydrogen (secondary N) is 1. The van der Waals surface area contributed by atoms with Gasteiger partial charge in [0.05, 0.1) is 12.1 Å². The van der Waals surface area contributed by atoms with Crippen molar-refractivity contribution in [1.82, 2.24) is 10.3 Å². The van der Waals surface area contributed by atoms with Gasteiger partial charge in [0.25, 0.3) is 0 Å². The molecule has 1 aliphatic rings. The summed E-state index contributed by atoms with van der Waals surface area (Å²) in [5.41, 5.74) is 3.67. The normalized spacial score (nSPS) is 12.2. The summed E-state index contributed by atoms with van der Waals surface area (Å²) in [7, 11) is 0. The predicted molar refractivity (Wildman–Crippen MR) is 99.5 cm³/mol. The molecular weight excluding hydrogens is 344 g/mol. The topological polar surface area (TPSA) is 73.6 Å². The first kappa shape index (κ1) is 17.1. The van der Waals surface area contributed by atoms with Gasteiger partial charge in [0, 0.05) is 12.1 Å². The summed E-state index contributed by atoms with van der Waals surface area (Å²) in [6.07, 6.45) is 0.172. The molecule has 27 heavy (non-hydrogen) atoms. The summed E-state index contributed by atoms with van der Waals surface area (Å²) in [6.45, 7) is 4.56. The van der Waals surface area contributed by atoms with E-state index in [0.717, 1.165) is 11.1 Å². The Bertz CT molecular complexity index is 976. The van der Waals surface area contributed by atoms with E-state index in [9.17, 15) is 4.79 Å². The Labute approximate surface area is 157 Å². The molecule has 0 spiro atoms. The molecule has 0 fully saturated rings. The molecule has 0 bridgehead atoms. The minimum Gasteiger partial charge on any atom is -0.454 e. The van der Waals surface area contributed by atoms with E-state index in [-0.39, 0.29) is 19.1 Å². The highest BCUT2D eigenvalue weighted by molar-refractivity contribution is 5.78. The second-order valence-electron chi connectivity index (χ2n) is 6.53. The van der Waals surface area contributed by atoms with E-state index in [1.54, 1.807) is 0 Å². The molecule has 4 rings (SSSR count). The van der Waals surface area contributed by atoms with Crippen LogP contribution in [0.2, 0.25) is 0 Å². The van der Waals surface area contributed by atoms with Crippen LogP contribution in [-0.2, 0) is 17.8 Å². The lowest BCUT2D eigenvalue weighted by Crippen LogP contribution is -2.24. The minimum atomic E-state index is -0.0933. The van der Waals surface area contributed by atoms with Crippen LogP contribution in [-0.4, -0.2) is 17.7 Å². The summed E-state index contributed by atoms with van der Waals surface area (Å²) in [5, 5.41) is 2.92. The fourth-order valence-electron chi connectivity index (χ4n) is 2.87. The van der Waals surface area contributed by atoms with Crippen molar-refractivity contribution in [2.24, 2.45) is 0 Å². The molecule has 0 saturated carbocycles. The SMILES string of the molecule is Cc1ccc(CNC(=O)Cc2nc(-c3ccc4c(c3)OCO4)oc2C)cc1. The molecule has 0 aliphatic carbocycles. The molecule has 2 aromatic carbocycles. The van der Waals surface area contributed by atoms with E-state index < -0.39 is 0 Å². The Morgan fingerprint density at radius 1 is 1.07 bits per heavy atom. The molecule has 0 saturated heterocycles. The Kier molecular flexibility index (Phi) is 4.54. The second-order valence-corrected chi connectivity index (χ2v) is 6.53. The van der Waals surface area contributed by atoms with Crippen LogP contribution in [0.1, 0.15) is 22.6 Å². The maximum atomic E-state index is 12.3. The summed E-state index contributed by atoms with van der Waals surface area (Å²) in [6, 6.07) is 13.6. The predicted octanol–water partition coefficient (Wildman–Crippen LogP) is 3.55. The average molecular weight is 364 g/mol. The first-order valence-electron chi connectivity index (χ1n) is 8.77. The third kappa shape index (κ3) is 3.79. The summed E-state index contributed by atoms with van der Waals surface area (Å²) >= 11 is 0. The van der Waals surface area contributed by atoms with E-state index in [4.69, 9.17) is 13.9 Å². The van der Waals surface area contributed by atoms with Crippen molar-refractivity contribution in [1.29, 1.82) is 0 Å². The number of benzene rings is 2. The quantitative estimate of drug-likeness (QED) is 0.749. The Hall–Kier alpha value is -3.28. The summed E-state index contributed by atoms with van der Waals surface area (Å²) in [5.74, 6) is 2.38. The number of amides is 1. The molecule has 6 nitrogen and oxygen atoms in total. The molecule has 6 heteroatoms. The zero-order valence-corrected chi connectivity index (χ0v) is 15.2. The van der Waals surface area contributed by atoms with Gasteiger partial charge in [-0.1, -0.05) is 29.8 Å². The van der Waals surface area contributed by atoms with Gasteiger partial charge in [-0.2, -0.15) is 0 Å². The molecule has 1 N–H and O–H groups in total. The molecular formula is C21H20N2O4. The van der Waals surface area contributed by atoms with Crippen molar-refractivity contribution in [2.75, 3.05) is 6.79 Å². The van der Waals surface area contributed by atoms with Crippen LogP contribution in [0.4, 0.5) is 0 Å². The standard InChI is InChI=1S/C21H20N2O4/c1-13-3-5-15(6-4-13)11-22-20(24)10-17-14(2)27-21(23-17)16-7-8-18-19(9-16)26-12-25-18/h3-9H,10-12H2,1-2H3,(H,22,24).